The number of unbranched alkanes of at least 4 members (excludes halogenated alkanes) is 1. The van der Waals surface area contributed by atoms with Gasteiger partial charge in [0.25, 0.3) is 0 Å². The molecule has 0 aliphatic carbocycles. The van der Waals surface area contributed by atoms with Crippen LogP contribution in [0.1, 0.15) is 19.3 Å². The lowest BCUT2D eigenvalue weighted by atomic mass is 10.2. The number of hydrogen-bond donors (Lipinski definition) is 3. The highest BCUT2D eigenvalue weighted by atomic mass is 32.2. The Hall–Kier alpha value is -1.86. The molecule has 0 saturated heterocycles. The molecule has 1 amide bonds. The van der Waals surface area contributed by atoms with Crippen molar-refractivity contribution in [3.05, 3.63) is 30.6 Å². The summed E-state index contributed by atoms with van der Waals surface area (Å²) in [5.74, 6) is -0.0333. The molecule has 0 aliphatic rings. The number of rotatable bonds is 7. The van der Waals surface area contributed by atoms with Crippen molar-refractivity contribution >= 4 is 23.4 Å². The Labute approximate surface area is 121 Å². The molecule has 20 heavy (non-hydrogen) atoms. The van der Waals surface area contributed by atoms with Crippen LogP contribution in [0.5, 0.6) is 0 Å². The van der Waals surface area contributed by atoms with Gasteiger partial charge in [-0.2, -0.15) is 5.10 Å². The van der Waals surface area contributed by atoms with Crippen LogP contribution in [-0.4, -0.2) is 32.8 Å². The van der Waals surface area contributed by atoms with E-state index in [0.717, 1.165) is 15.7 Å². The Morgan fingerprint density at radius 2 is 2.10 bits per heavy atom. The minimum atomic E-state index is -0.0333. The van der Waals surface area contributed by atoms with Crippen molar-refractivity contribution in [2.24, 2.45) is 0 Å². The van der Waals surface area contributed by atoms with E-state index in [2.05, 4.69) is 20.5 Å². The molecule has 7 heteroatoms. The van der Waals surface area contributed by atoms with Crippen LogP contribution in [0.25, 0.3) is 0 Å². The van der Waals surface area contributed by atoms with Crippen LogP contribution in [-0.2, 0) is 4.79 Å². The fourth-order valence-electron chi connectivity index (χ4n) is 1.58. The molecule has 1 aromatic heterocycles. The molecule has 2 rings (SSSR count). The highest BCUT2D eigenvalue weighted by molar-refractivity contribution is 7.99. The number of nitrogens with zero attached hydrogens (tertiary/aromatic N) is 2. The molecule has 0 bridgehead atoms. The maximum Gasteiger partial charge on any atom is 0.224 e. The summed E-state index contributed by atoms with van der Waals surface area (Å²) in [5, 5.41) is 18.8. The van der Waals surface area contributed by atoms with Gasteiger partial charge >= 0.3 is 0 Å². The Kier molecular flexibility index (Phi) is 5.57. The topological polar surface area (TPSA) is 90.9 Å². The number of carbonyl (C=O) groups excluding carboxylic acids is 1. The summed E-state index contributed by atoms with van der Waals surface area (Å²) in [6.07, 6.45) is 3.24. The summed E-state index contributed by atoms with van der Waals surface area (Å²) in [5.41, 5.74) is 0.765. The van der Waals surface area contributed by atoms with E-state index in [-0.39, 0.29) is 12.5 Å². The molecule has 6 nitrogen and oxygen atoms in total. The molecule has 0 radical (unpaired) electrons. The normalized spacial score (nSPS) is 10.4. The van der Waals surface area contributed by atoms with Gasteiger partial charge in [-0.25, -0.2) is 4.98 Å². The number of aliphatic hydroxyl groups is 1. The fourth-order valence-corrected chi connectivity index (χ4v) is 2.28. The van der Waals surface area contributed by atoms with Crippen molar-refractivity contribution in [2.45, 2.75) is 29.3 Å². The third-order valence-corrected chi connectivity index (χ3v) is 3.46. The number of benzene rings is 1. The quantitative estimate of drug-likeness (QED) is 0.679. The van der Waals surface area contributed by atoms with E-state index in [9.17, 15) is 4.79 Å². The van der Waals surface area contributed by atoms with Crippen LogP contribution in [0.3, 0.4) is 0 Å². The van der Waals surface area contributed by atoms with Crippen LogP contribution < -0.4 is 5.32 Å². The summed E-state index contributed by atoms with van der Waals surface area (Å²) in [6, 6.07) is 7.53. The lowest BCUT2D eigenvalue weighted by Crippen LogP contribution is -2.11. The monoisotopic (exact) mass is 292 g/mol. The Morgan fingerprint density at radius 1 is 1.30 bits per heavy atom. The largest absolute Gasteiger partial charge is 0.396 e. The molecule has 1 heterocycles. The molecule has 0 fully saturated rings. The van der Waals surface area contributed by atoms with Crippen molar-refractivity contribution in [1.82, 2.24) is 15.2 Å². The van der Waals surface area contributed by atoms with E-state index in [0.29, 0.717) is 19.3 Å². The molecular formula is C13H16N4O2S. The predicted molar refractivity (Wildman–Crippen MR) is 76.5 cm³/mol. The van der Waals surface area contributed by atoms with Gasteiger partial charge in [0.1, 0.15) is 6.33 Å². The number of aliphatic hydroxyl groups excluding tert-OH is 1. The van der Waals surface area contributed by atoms with Gasteiger partial charge in [0.15, 0.2) is 5.16 Å². The summed E-state index contributed by atoms with van der Waals surface area (Å²) in [7, 11) is 0. The second-order valence-corrected chi connectivity index (χ2v) is 5.21. The number of aromatic amines is 1. The molecule has 0 spiro atoms. The Morgan fingerprint density at radius 3 is 2.75 bits per heavy atom. The number of carbonyl (C=O) groups is 1. The molecule has 3 N–H and O–H groups in total. The zero-order chi connectivity index (χ0) is 14.2. The number of nitrogens with one attached hydrogen (secondary N) is 2. The van der Waals surface area contributed by atoms with Gasteiger partial charge in [0, 0.05) is 23.6 Å². The van der Waals surface area contributed by atoms with E-state index in [1.54, 1.807) is 0 Å². The first-order chi connectivity index (χ1) is 9.78. The Bertz CT molecular complexity index is 528. The molecule has 0 atom stereocenters. The summed E-state index contributed by atoms with van der Waals surface area (Å²) in [4.78, 5) is 16.7. The van der Waals surface area contributed by atoms with Gasteiger partial charge in [-0.3, -0.25) is 9.89 Å². The van der Waals surface area contributed by atoms with E-state index in [4.69, 9.17) is 5.11 Å². The van der Waals surface area contributed by atoms with Gasteiger partial charge < -0.3 is 10.4 Å². The van der Waals surface area contributed by atoms with E-state index < -0.39 is 0 Å². The van der Waals surface area contributed by atoms with Crippen LogP contribution >= 0.6 is 11.8 Å². The molecule has 106 valence electrons. The van der Waals surface area contributed by atoms with Crippen molar-refractivity contribution in [1.29, 1.82) is 0 Å². The van der Waals surface area contributed by atoms with E-state index in [1.165, 1.54) is 18.1 Å². The van der Waals surface area contributed by atoms with Crippen molar-refractivity contribution < 1.29 is 9.90 Å². The third kappa shape index (κ3) is 4.67. The van der Waals surface area contributed by atoms with Gasteiger partial charge in [-0.1, -0.05) is 11.8 Å². The smallest absolute Gasteiger partial charge is 0.224 e. The highest BCUT2D eigenvalue weighted by Gasteiger charge is 2.03. The first-order valence-electron chi connectivity index (χ1n) is 6.32. The first-order valence-corrected chi connectivity index (χ1v) is 7.13. The molecule has 0 aliphatic heterocycles. The second-order valence-electron chi connectivity index (χ2n) is 4.15. The first kappa shape index (κ1) is 14.5. The SMILES string of the molecule is O=C(CCCCO)Nc1ccc(Sc2ncn[nH]2)cc1. The highest BCUT2D eigenvalue weighted by Crippen LogP contribution is 2.25. The molecule has 2 aromatic rings. The zero-order valence-electron chi connectivity index (χ0n) is 10.9. The maximum atomic E-state index is 11.6. The van der Waals surface area contributed by atoms with E-state index >= 15 is 0 Å². The van der Waals surface area contributed by atoms with Crippen LogP contribution in [0.4, 0.5) is 5.69 Å². The van der Waals surface area contributed by atoms with Gasteiger partial charge in [-0.05, 0) is 37.1 Å². The maximum absolute atomic E-state index is 11.6. The molecule has 0 saturated carbocycles. The fraction of sp³-hybridized carbons (Fsp3) is 0.308. The number of aromatic nitrogens is 3. The second kappa shape index (κ2) is 7.66. The van der Waals surface area contributed by atoms with Crippen LogP contribution in [0.2, 0.25) is 0 Å². The molecule has 1 aromatic carbocycles. The predicted octanol–water partition coefficient (Wildman–Crippen LogP) is 2.06. The zero-order valence-corrected chi connectivity index (χ0v) is 11.7. The van der Waals surface area contributed by atoms with Crippen molar-refractivity contribution in [2.75, 3.05) is 11.9 Å². The minimum Gasteiger partial charge on any atom is -0.396 e. The number of hydrogen-bond acceptors (Lipinski definition) is 5. The van der Waals surface area contributed by atoms with Crippen molar-refractivity contribution in [3.63, 3.8) is 0 Å². The minimum absolute atomic E-state index is 0.0333. The molecule has 0 unspecified atom stereocenters. The Balaban J connectivity index is 1.83. The van der Waals surface area contributed by atoms with Gasteiger partial charge in [0.05, 0.1) is 0 Å². The standard InChI is InChI=1S/C13H16N4O2S/c18-8-2-1-3-12(19)16-10-4-6-11(7-5-10)20-13-14-9-15-17-13/h4-7,9,18H,1-3,8H2,(H,16,19)(H,14,15,17). The average molecular weight is 292 g/mol. The molecular weight excluding hydrogens is 276 g/mol. The van der Waals surface area contributed by atoms with Crippen molar-refractivity contribution in [3.8, 4) is 0 Å². The summed E-state index contributed by atoms with van der Waals surface area (Å²) < 4.78 is 0. The van der Waals surface area contributed by atoms with Gasteiger partial charge in [-0.15, -0.1) is 0 Å². The number of anilines is 1. The third-order valence-electron chi connectivity index (χ3n) is 2.56. The number of amides is 1. The lowest BCUT2D eigenvalue weighted by molar-refractivity contribution is -0.116. The van der Waals surface area contributed by atoms with Crippen LogP contribution in [0.15, 0.2) is 40.6 Å². The van der Waals surface area contributed by atoms with Gasteiger partial charge in [0.2, 0.25) is 5.91 Å². The lowest BCUT2D eigenvalue weighted by Gasteiger charge is -2.05. The number of H-pyrrole nitrogens is 1. The van der Waals surface area contributed by atoms with Crippen LogP contribution in [0, 0.1) is 0 Å². The summed E-state index contributed by atoms with van der Waals surface area (Å²) >= 11 is 1.47. The average Bonchev–Trinajstić information content (AvgIpc) is 2.94. The summed E-state index contributed by atoms with van der Waals surface area (Å²) in [6.45, 7) is 0.126. The van der Waals surface area contributed by atoms with E-state index in [1.807, 2.05) is 24.3 Å².